The van der Waals surface area contributed by atoms with Crippen LogP contribution in [0, 0.1) is 17.5 Å². The minimum absolute atomic E-state index is 0.404. The zero-order valence-corrected chi connectivity index (χ0v) is 6.94. The second-order valence-corrected chi connectivity index (χ2v) is 2.52. The van der Waals surface area contributed by atoms with E-state index in [1.807, 2.05) is 0 Å². The average molecular weight is 226 g/mol. The fourth-order valence-corrected chi connectivity index (χ4v) is 0.932. The number of rotatable bonds is 2. The van der Waals surface area contributed by atoms with Gasteiger partial charge in [-0.25, -0.2) is 22.4 Å². The van der Waals surface area contributed by atoms with E-state index in [4.69, 9.17) is 0 Å². The van der Waals surface area contributed by atoms with Gasteiger partial charge in [-0.15, -0.1) is 0 Å². The van der Waals surface area contributed by atoms with Crippen LogP contribution in [0.4, 0.5) is 22.1 Å². The van der Waals surface area contributed by atoms with E-state index in [1.165, 1.54) is 0 Å². The van der Waals surface area contributed by atoms with Crippen molar-refractivity contribution in [2.75, 3.05) is 0 Å². The molecule has 0 saturated carbocycles. The lowest BCUT2D eigenvalue weighted by atomic mass is 10.1. The van der Waals surface area contributed by atoms with Gasteiger partial charge in [0.15, 0.2) is 11.6 Å². The summed E-state index contributed by atoms with van der Waals surface area (Å²) in [5.74, 6) is -7.11. The normalized spacial score (nSPS) is 12.3. The van der Waals surface area contributed by atoms with Gasteiger partial charge in [-0.05, 0) is 12.1 Å². The van der Waals surface area contributed by atoms with Crippen LogP contribution in [0.1, 0.15) is 11.7 Å². The largest absolute Gasteiger partial charge is 0.387 e. The van der Waals surface area contributed by atoms with E-state index < -0.39 is 35.2 Å². The molecule has 1 unspecified atom stereocenters. The summed E-state index contributed by atoms with van der Waals surface area (Å²) < 4.78 is 62.3. The van der Waals surface area contributed by atoms with Crippen LogP contribution in [0.15, 0.2) is 12.1 Å². The lowest BCUT2D eigenvalue weighted by Crippen LogP contribution is -2.12. The van der Waals surface area contributed by atoms with Gasteiger partial charge in [0.05, 0.1) is 5.56 Å². The smallest absolute Gasteiger partial charge is 0.251 e. The molecule has 15 heavy (non-hydrogen) atoms. The van der Waals surface area contributed by atoms with E-state index in [-0.39, 0.29) is 0 Å². The Kier molecular flexibility index (Phi) is 3.23. The SMILES string of the molecule is O=C(OF)C(F)c1c(F)ccc(F)c1F. The van der Waals surface area contributed by atoms with Crippen molar-refractivity contribution in [1.82, 2.24) is 0 Å². The van der Waals surface area contributed by atoms with E-state index in [0.717, 1.165) is 0 Å². The first-order chi connectivity index (χ1) is 6.99. The summed E-state index contributed by atoms with van der Waals surface area (Å²) in [7, 11) is 0. The van der Waals surface area contributed by atoms with Crippen molar-refractivity contribution in [2.24, 2.45) is 0 Å². The highest BCUT2D eigenvalue weighted by molar-refractivity contribution is 5.75. The first-order valence-corrected chi connectivity index (χ1v) is 3.59. The molecule has 0 amide bonds. The number of hydrogen-bond donors (Lipinski definition) is 0. The summed E-state index contributed by atoms with van der Waals surface area (Å²) in [6, 6.07) is 0.813. The molecular weight excluding hydrogens is 223 g/mol. The molecule has 0 heterocycles. The van der Waals surface area contributed by atoms with Crippen LogP contribution in [0.3, 0.4) is 0 Å². The Morgan fingerprint density at radius 2 is 1.73 bits per heavy atom. The van der Waals surface area contributed by atoms with Crippen LogP contribution in [-0.2, 0) is 9.74 Å². The van der Waals surface area contributed by atoms with Crippen molar-refractivity contribution in [2.45, 2.75) is 6.17 Å². The molecule has 2 nitrogen and oxygen atoms in total. The molecule has 0 aliphatic heterocycles. The summed E-state index contributed by atoms with van der Waals surface area (Å²) in [5.41, 5.74) is -1.52. The minimum Gasteiger partial charge on any atom is -0.251 e. The predicted molar refractivity (Wildman–Crippen MR) is 37.4 cm³/mol. The molecule has 0 aromatic heterocycles. The molecule has 1 aromatic carbocycles. The number of halogens is 5. The Bertz CT molecular complexity index is 393. The molecule has 0 fully saturated rings. The second kappa shape index (κ2) is 4.24. The van der Waals surface area contributed by atoms with E-state index in [1.54, 1.807) is 0 Å². The fraction of sp³-hybridized carbons (Fsp3) is 0.125. The maximum atomic E-state index is 12.9. The molecule has 0 bridgehead atoms. The first-order valence-electron chi connectivity index (χ1n) is 3.59. The zero-order valence-electron chi connectivity index (χ0n) is 6.94. The molecule has 82 valence electrons. The molecule has 0 spiro atoms. The highest BCUT2D eigenvalue weighted by Gasteiger charge is 2.30. The Hall–Kier alpha value is -1.66. The van der Waals surface area contributed by atoms with Crippen LogP contribution >= 0.6 is 0 Å². The third-order valence-corrected chi connectivity index (χ3v) is 1.62. The molecule has 0 radical (unpaired) electrons. The highest BCUT2D eigenvalue weighted by atomic mass is 19.3. The van der Waals surface area contributed by atoms with Gasteiger partial charge in [0.2, 0.25) is 6.17 Å². The molecule has 0 saturated heterocycles. The first kappa shape index (κ1) is 11.4. The Labute approximate surface area is 80.2 Å². The van der Waals surface area contributed by atoms with Gasteiger partial charge < -0.3 is 0 Å². The van der Waals surface area contributed by atoms with E-state index >= 15 is 0 Å². The van der Waals surface area contributed by atoms with Crippen LogP contribution in [0.2, 0.25) is 0 Å². The van der Waals surface area contributed by atoms with E-state index in [2.05, 4.69) is 4.94 Å². The third kappa shape index (κ3) is 2.05. The second-order valence-electron chi connectivity index (χ2n) is 2.52. The number of hydrogen-bond acceptors (Lipinski definition) is 2. The topological polar surface area (TPSA) is 26.3 Å². The molecule has 7 heteroatoms. The van der Waals surface area contributed by atoms with Crippen LogP contribution in [0.5, 0.6) is 0 Å². The lowest BCUT2D eigenvalue weighted by Gasteiger charge is -2.06. The van der Waals surface area contributed by atoms with Crippen molar-refractivity contribution in [3.8, 4) is 0 Å². The maximum Gasteiger partial charge on any atom is 0.387 e. The van der Waals surface area contributed by atoms with Gasteiger partial charge in [0.1, 0.15) is 5.82 Å². The molecule has 0 N–H and O–H groups in total. The number of benzene rings is 1. The Morgan fingerprint density at radius 1 is 1.20 bits per heavy atom. The van der Waals surface area contributed by atoms with Gasteiger partial charge in [-0.1, -0.05) is 0 Å². The predicted octanol–water partition coefficient (Wildman–Crippen LogP) is 2.54. The van der Waals surface area contributed by atoms with Crippen molar-refractivity contribution in [3.63, 3.8) is 0 Å². The standard InChI is InChI=1S/C8H3F5O2/c9-3-1-2-4(10)6(11)5(3)7(12)8(14)15-13/h1-2,7H. The van der Waals surface area contributed by atoms with Gasteiger partial charge in [-0.2, -0.15) is 0 Å². The summed E-state index contributed by atoms with van der Waals surface area (Å²) in [4.78, 5) is 12.7. The van der Waals surface area contributed by atoms with Gasteiger partial charge >= 0.3 is 5.97 Å². The van der Waals surface area contributed by atoms with Crippen LogP contribution in [0.25, 0.3) is 0 Å². The highest BCUT2D eigenvalue weighted by Crippen LogP contribution is 2.26. The Morgan fingerprint density at radius 3 is 2.27 bits per heavy atom. The van der Waals surface area contributed by atoms with Crippen molar-refractivity contribution in [3.05, 3.63) is 35.1 Å². The summed E-state index contributed by atoms with van der Waals surface area (Å²) in [5, 5.41) is 0. The summed E-state index contributed by atoms with van der Waals surface area (Å²) in [6.45, 7) is 0. The molecule has 1 atom stereocenters. The van der Waals surface area contributed by atoms with E-state index in [0.29, 0.717) is 12.1 Å². The van der Waals surface area contributed by atoms with E-state index in [9.17, 15) is 26.9 Å². The molecular formula is C8H3F5O2. The summed E-state index contributed by atoms with van der Waals surface area (Å²) >= 11 is 0. The summed E-state index contributed by atoms with van der Waals surface area (Å²) in [6.07, 6.45) is -3.05. The van der Waals surface area contributed by atoms with Crippen LogP contribution < -0.4 is 0 Å². The molecule has 0 aliphatic rings. The van der Waals surface area contributed by atoms with Gasteiger partial charge in [0, 0.05) is 4.53 Å². The average Bonchev–Trinajstić information content (AvgIpc) is 2.22. The Balaban J connectivity index is 3.24. The lowest BCUT2D eigenvalue weighted by molar-refractivity contribution is -0.190. The fourth-order valence-electron chi connectivity index (χ4n) is 0.932. The number of carbonyl (C=O) groups excluding carboxylic acids is 1. The van der Waals surface area contributed by atoms with Crippen molar-refractivity contribution < 1.29 is 31.8 Å². The quantitative estimate of drug-likeness (QED) is 0.572. The zero-order chi connectivity index (χ0) is 11.6. The molecule has 1 rings (SSSR count). The van der Waals surface area contributed by atoms with Crippen molar-refractivity contribution in [1.29, 1.82) is 0 Å². The number of carbonyl (C=O) groups is 1. The minimum atomic E-state index is -3.05. The third-order valence-electron chi connectivity index (χ3n) is 1.62. The molecule has 0 aliphatic carbocycles. The van der Waals surface area contributed by atoms with Gasteiger partial charge in [0.25, 0.3) is 0 Å². The van der Waals surface area contributed by atoms with Crippen LogP contribution in [-0.4, -0.2) is 5.97 Å². The molecule has 1 aromatic rings. The maximum absolute atomic E-state index is 12.9. The van der Waals surface area contributed by atoms with Gasteiger partial charge in [-0.3, -0.25) is 4.94 Å². The monoisotopic (exact) mass is 226 g/mol. The van der Waals surface area contributed by atoms with Crippen molar-refractivity contribution >= 4 is 5.97 Å². The number of alkyl halides is 1.